The third-order valence-electron chi connectivity index (χ3n) is 6.60. The van der Waals surface area contributed by atoms with Crippen molar-refractivity contribution in [3.63, 3.8) is 0 Å². The molecule has 1 N–H and O–H groups in total. The Morgan fingerprint density at radius 2 is 1.92 bits per heavy atom. The molecule has 25 heavy (non-hydrogen) atoms. The lowest BCUT2D eigenvalue weighted by atomic mass is 9.94. The number of carbonyl (C=O) groups is 2. The molecular weight excluding hydrogens is 316 g/mol. The number of ether oxygens (including phenoxy) is 1. The largest absolute Gasteiger partial charge is 0.381 e. The van der Waals surface area contributed by atoms with E-state index < -0.39 is 0 Å². The van der Waals surface area contributed by atoms with Gasteiger partial charge in [0.25, 0.3) is 0 Å². The van der Waals surface area contributed by atoms with Gasteiger partial charge in [-0.3, -0.25) is 9.59 Å². The van der Waals surface area contributed by atoms with Gasteiger partial charge in [0, 0.05) is 26.0 Å². The van der Waals surface area contributed by atoms with E-state index in [1.807, 2.05) is 4.90 Å². The van der Waals surface area contributed by atoms with E-state index in [4.69, 9.17) is 4.74 Å². The second-order valence-corrected chi connectivity index (χ2v) is 8.75. The fraction of sp³-hybridized carbons (Fsp3) is 0.900. The van der Waals surface area contributed by atoms with Crippen LogP contribution in [0.1, 0.15) is 71.6 Å². The zero-order valence-electron chi connectivity index (χ0n) is 16.1. The number of carbonyl (C=O) groups excluding carboxylic acids is 2. The van der Waals surface area contributed by atoms with Crippen LogP contribution in [0.4, 0.5) is 0 Å². The summed E-state index contributed by atoms with van der Waals surface area (Å²) in [5.41, 5.74) is -0.300. The normalized spacial score (nSPS) is 31.3. The lowest BCUT2D eigenvalue weighted by Crippen LogP contribution is -2.54. The predicted molar refractivity (Wildman–Crippen MR) is 97.1 cm³/mol. The first kappa shape index (κ1) is 18.7. The van der Waals surface area contributed by atoms with Gasteiger partial charge < -0.3 is 15.0 Å². The Balaban J connectivity index is 1.49. The molecule has 0 aromatic rings. The molecule has 3 fully saturated rings. The highest BCUT2D eigenvalue weighted by atomic mass is 16.5. The van der Waals surface area contributed by atoms with E-state index in [0.29, 0.717) is 6.42 Å². The van der Waals surface area contributed by atoms with E-state index in [1.165, 1.54) is 19.3 Å². The molecule has 3 aliphatic rings. The van der Waals surface area contributed by atoms with Crippen LogP contribution >= 0.6 is 0 Å². The highest BCUT2D eigenvalue weighted by molar-refractivity contribution is 5.80. The van der Waals surface area contributed by atoms with Gasteiger partial charge in [0.05, 0.1) is 17.7 Å². The van der Waals surface area contributed by atoms with Crippen molar-refractivity contribution in [2.24, 2.45) is 11.8 Å². The molecule has 0 aromatic carbocycles. The van der Waals surface area contributed by atoms with E-state index in [0.717, 1.165) is 44.6 Å². The topological polar surface area (TPSA) is 58.6 Å². The van der Waals surface area contributed by atoms with Gasteiger partial charge in [-0.2, -0.15) is 0 Å². The summed E-state index contributed by atoms with van der Waals surface area (Å²) in [6.45, 7) is 4.94. The van der Waals surface area contributed by atoms with Crippen LogP contribution in [0.2, 0.25) is 0 Å². The van der Waals surface area contributed by atoms with Gasteiger partial charge in [-0.25, -0.2) is 0 Å². The number of hydrogen-bond acceptors (Lipinski definition) is 3. The van der Waals surface area contributed by atoms with Crippen molar-refractivity contribution in [1.29, 1.82) is 0 Å². The lowest BCUT2D eigenvalue weighted by Gasteiger charge is -2.36. The zero-order valence-corrected chi connectivity index (χ0v) is 16.1. The number of rotatable bonds is 7. The van der Waals surface area contributed by atoms with E-state index in [-0.39, 0.29) is 35.4 Å². The fourth-order valence-electron chi connectivity index (χ4n) is 4.55. The molecule has 0 aromatic heterocycles. The number of likely N-dealkylation sites (tertiary alicyclic amines) is 1. The maximum Gasteiger partial charge on any atom is 0.223 e. The Morgan fingerprint density at radius 3 is 2.56 bits per heavy atom. The summed E-state index contributed by atoms with van der Waals surface area (Å²) in [7, 11) is 1.72. The van der Waals surface area contributed by atoms with Gasteiger partial charge in [-0.05, 0) is 58.3 Å². The van der Waals surface area contributed by atoms with Gasteiger partial charge in [-0.15, -0.1) is 0 Å². The molecular formula is C20H34N2O3. The summed E-state index contributed by atoms with van der Waals surface area (Å²) in [5, 5.41) is 3.24. The summed E-state index contributed by atoms with van der Waals surface area (Å²) in [6.07, 6.45) is 9.32. The standard InChI is InChI=1S/C20H34N2O3/c1-20(2)17(21-19(24)15-9-10-16(13-15)25-3)11-12-22(20)18(23)6-4-5-14-7-8-14/h14-17H,4-13H2,1-3H3,(H,21,24). The number of nitrogens with one attached hydrogen (secondary N) is 1. The zero-order chi connectivity index (χ0) is 18.0. The molecule has 2 aliphatic carbocycles. The average molecular weight is 351 g/mol. The third kappa shape index (κ3) is 4.36. The molecule has 0 spiro atoms. The van der Waals surface area contributed by atoms with Gasteiger partial charge in [0.1, 0.15) is 0 Å². The van der Waals surface area contributed by atoms with E-state index >= 15 is 0 Å². The van der Waals surface area contributed by atoms with Crippen molar-refractivity contribution in [2.45, 2.75) is 89.3 Å². The van der Waals surface area contributed by atoms with Crippen molar-refractivity contribution in [1.82, 2.24) is 10.2 Å². The molecule has 0 bridgehead atoms. The smallest absolute Gasteiger partial charge is 0.223 e. The second-order valence-electron chi connectivity index (χ2n) is 8.75. The van der Waals surface area contributed by atoms with Gasteiger partial charge >= 0.3 is 0 Å². The lowest BCUT2D eigenvalue weighted by molar-refractivity contribution is -0.136. The van der Waals surface area contributed by atoms with Crippen molar-refractivity contribution in [3.8, 4) is 0 Å². The molecule has 1 aliphatic heterocycles. The summed E-state index contributed by atoms with van der Waals surface area (Å²) < 4.78 is 5.38. The van der Waals surface area contributed by atoms with Crippen molar-refractivity contribution >= 4 is 11.8 Å². The minimum atomic E-state index is -0.300. The molecule has 142 valence electrons. The molecule has 3 rings (SSSR count). The predicted octanol–water partition coefficient (Wildman–Crippen LogP) is 2.88. The van der Waals surface area contributed by atoms with Crippen LogP contribution in [0.5, 0.6) is 0 Å². The van der Waals surface area contributed by atoms with Gasteiger partial charge in [-0.1, -0.05) is 12.8 Å². The van der Waals surface area contributed by atoms with E-state index in [2.05, 4.69) is 19.2 Å². The Hall–Kier alpha value is -1.10. The first-order chi connectivity index (χ1) is 11.9. The highest BCUT2D eigenvalue weighted by Gasteiger charge is 2.45. The van der Waals surface area contributed by atoms with Crippen LogP contribution < -0.4 is 5.32 Å². The number of amides is 2. The maximum atomic E-state index is 12.6. The van der Waals surface area contributed by atoms with Crippen molar-refractivity contribution < 1.29 is 14.3 Å². The van der Waals surface area contributed by atoms with Crippen LogP contribution in [0.3, 0.4) is 0 Å². The molecule has 5 nitrogen and oxygen atoms in total. The van der Waals surface area contributed by atoms with Crippen LogP contribution in [0, 0.1) is 11.8 Å². The molecule has 1 saturated heterocycles. The van der Waals surface area contributed by atoms with Crippen LogP contribution in [-0.2, 0) is 14.3 Å². The number of hydrogen-bond donors (Lipinski definition) is 1. The Morgan fingerprint density at radius 1 is 1.16 bits per heavy atom. The van der Waals surface area contributed by atoms with E-state index in [1.54, 1.807) is 7.11 Å². The Kier molecular flexibility index (Phi) is 5.71. The third-order valence-corrected chi connectivity index (χ3v) is 6.60. The summed E-state index contributed by atoms with van der Waals surface area (Å²) >= 11 is 0. The second kappa shape index (κ2) is 7.65. The van der Waals surface area contributed by atoms with Crippen LogP contribution in [0.15, 0.2) is 0 Å². The number of methoxy groups -OCH3 is 1. The van der Waals surface area contributed by atoms with Gasteiger partial charge in [0.15, 0.2) is 0 Å². The highest BCUT2D eigenvalue weighted by Crippen LogP contribution is 2.35. The number of nitrogens with zero attached hydrogens (tertiary/aromatic N) is 1. The van der Waals surface area contributed by atoms with Crippen LogP contribution in [-0.4, -0.2) is 48.1 Å². The molecule has 0 radical (unpaired) electrons. The fourth-order valence-corrected chi connectivity index (χ4v) is 4.55. The maximum absolute atomic E-state index is 12.6. The SMILES string of the molecule is COC1CCC(C(=O)NC2CCN(C(=O)CCCC3CC3)C2(C)C)C1. The first-order valence-corrected chi connectivity index (χ1v) is 10.1. The first-order valence-electron chi connectivity index (χ1n) is 10.1. The molecule has 2 amide bonds. The molecule has 5 heteroatoms. The quantitative estimate of drug-likeness (QED) is 0.768. The Labute approximate surface area is 151 Å². The molecule has 2 saturated carbocycles. The monoisotopic (exact) mass is 350 g/mol. The summed E-state index contributed by atoms with van der Waals surface area (Å²) in [6, 6.07) is 0.0500. The summed E-state index contributed by atoms with van der Waals surface area (Å²) in [4.78, 5) is 27.2. The molecule has 3 atom stereocenters. The minimum Gasteiger partial charge on any atom is -0.381 e. The average Bonchev–Trinajstić information content (AvgIpc) is 3.17. The molecule has 3 unspecified atom stereocenters. The van der Waals surface area contributed by atoms with E-state index in [9.17, 15) is 9.59 Å². The minimum absolute atomic E-state index is 0.0500. The van der Waals surface area contributed by atoms with Crippen LogP contribution in [0.25, 0.3) is 0 Å². The van der Waals surface area contributed by atoms with Gasteiger partial charge in [0.2, 0.25) is 11.8 Å². The Bertz CT molecular complexity index is 501. The summed E-state index contributed by atoms with van der Waals surface area (Å²) in [5.74, 6) is 1.33. The molecule has 1 heterocycles. The van der Waals surface area contributed by atoms with Crippen molar-refractivity contribution in [2.75, 3.05) is 13.7 Å². The van der Waals surface area contributed by atoms with Crippen molar-refractivity contribution in [3.05, 3.63) is 0 Å².